The van der Waals surface area contributed by atoms with Crippen LogP contribution in [0.2, 0.25) is 0 Å². The SMILES string of the molecule is CC(C)(F)C1(N=C=O)CNC1. The van der Waals surface area contributed by atoms with Gasteiger partial charge in [-0.3, -0.25) is 0 Å². The summed E-state index contributed by atoms with van der Waals surface area (Å²) in [5.74, 6) is 0. The lowest BCUT2D eigenvalue weighted by molar-refractivity contribution is 0.0547. The van der Waals surface area contributed by atoms with E-state index in [1.165, 1.54) is 19.9 Å². The lowest BCUT2D eigenvalue weighted by Crippen LogP contribution is -2.67. The molecule has 0 aromatic rings. The molecule has 0 aliphatic carbocycles. The molecule has 1 saturated heterocycles. The van der Waals surface area contributed by atoms with E-state index in [1.54, 1.807) is 0 Å². The lowest BCUT2D eigenvalue weighted by atomic mass is 9.79. The van der Waals surface area contributed by atoms with Crippen molar-refractivity contribution in [1.82, 2.24) is 5.32 Å². The Morgan fingerprint density at radius 2 is 2.18 bits per heavy atom. The van der Waals surface area contributed by atoms with Gasteiger partial charge in [0.25, 0.3) is 0 Å². The Balaban J connectivity index is 2.84. The van der Waals surface area contributed by atoms with Crippen LogP contribution in [0, 0.1) is 0 Å². The van der Waals surface area contributed by atoms with Gasteiger partial charge in [-0.2, -0.15) is 4.99 Å². The summed E-state index contributed by atoms with van der Waals surface area (Å²) in [7, 11) is 0. The Hall–Kier alpha value is -0.730. The van der Waals surface area contributed by atoms with Crippen LogP contribution in [0.4, 0.5) is 4.39 Å². The molecule has 1 heterocycles. The molecule has 0 atom stereocenters. The van der Waals surface area contributed by atoms with Gasteiger partial charge in [0.05, 0.1) is 0 Å². The van der Waals surface area contributed by atoms with E-state index in [-0.39, 0.29) is 0 Å². The number of hydrogen-bond acceptors (Lipinski definition) is 3. The third-order valence-corrected chi connectivity index (χ3v) is 2.20. The summed E-state index contributed by atoms with van der Waals surface area (Å²) in [5, 5.41) is 2.88. The molecular formula is C7H11FN2O. The molecule has 3 nitrogen and oxygen atoms in total. The minimum Gasteiger partial charge on any atom is -0.311 e. The predicted octanol–water partition coefficient (Wildman–Crippen LogP) is 0.412. The van der Waals surface area contributed by atoms with E-state index in [2.05, 4.69) is 10.3 Å². The zero-order valence-electron chi connectivity index (χ0n) is 6.65. The summed E-state index contributed by atoms with van der Waals surface area (Å²) in [5.41, 5.74) is -2.32. The molecule has 1 aliphatic rings. The Kier molecular flexibility index (Phi) is 1.82. The maximum Gasteiger partial charge on any atom is 0.235 e. The van der Waals surface area contributed by atoms with Gasteiger partial charge in [-0.15, -0.1) is 0 Å². The summed E-state index contributed by atoms with van der Waals surface area (Å²) in [6.45, 7) is 3.70. The second-order valence-corrected chi connectivity index (χ2v) is 3.31. The molecular weight excluding hydrogens is 147 g/mol. The Bertz CT molecular complexity index is 199. The van der Waals surface area contributed by atoms with E-state index >= 15 is 0 Å². The molecule has 1 N–H and O–H groups in total. The highest BCUT2D eigenvalue weighted by Crippen LogP contribution is 2.32. The summed E-state index contributed by atoms with van der Waals surface area (Å²) in [6.07, 6.45) is 1.41. The molecule has 1 rings (SSSR count). The summed E-state index contributed by atoms with van der Waals surface area (Å²) >= 11 is 0. The molecule has 0 bridgehead atoms. The molecule has 4 heteroatoms. The minimum absolute atomic E-state index is 0.422. The highest BCUT2D eigenvalue weighted by molar-refractivity contribution is 5.37. The van der Waals surface area contributed by atoms with E-state index in [9.17, 15) is 9.18 Å². The van der Waals surface area contributed by atoms with Crippen molar-refractivity contribution in [2.45, 2.75) is 25.1 Å². The number of carbonyl (C=O) groups excluding carboxylic acids is 1. The van der Waals surface area contributed by atoms with Crippen LogP contribution in [0.5, 0.6) is 0 Å². The molecule has 11 heavy (non-hydrogen) atoms. The number of aliphatic imine (C=N–C) groups is 1. The van der Waals surface area contributed by atoms with Crippen LogP contribution in [-0.4, -0.2) is 30.4 Å². The molecule has 0 spiro atoms. The first-order valence-corrected chi connectivity index (χ1v) is 3.50. The molecule has 62 valence electrons. The number of isocyanates is 1. The second kappa shape index (κ2) is 2.40. The van der Waals surface area contributed by atoms with Gasteiger partial charge in [-0.1, -0.05) is 0 Å². The van der Waals surface area contributed by atoms with Crippen molar-refractivity contribution in [3.8, 4) is 0 Å². The van der Waals surface area contributed by atoms with Crippen molar-refractivity contribution in [3.05, 3.63) is 0 Å². The second-order valence-electron chi connectivity index (χ2n) is 3.31. The van der Waals surface area contributed by atoms with Crippen molar-refractivity contribution in [2.75, 3.05) is 13.1 Å². The first-order valence-electron chi connectivity index (χ1n) is 3.50. The maximum atomic E-state index is 13.4. The molecule has 0 saturated carbocycles. The van der Waals surface area contributed by atoms with Crippen LogP contribution in [0.1, 0.15) is 13.8 Å². The number of rotatable bonds is 2. The minimum atomic E-state index is -1.45. The van der Waals surface area contributed by atoms with Crippen LogP contribution >= 0.6 is 0 Å². The van der Waals surface area contributed by atoms with Crippen molar-refractivity contribution in [1.29, 1.82) is 0 Å². The molecule has 0 unspecified atom stereocenters. The van der Waals surface area contributed by atoms with Crippen molar-refractivity contribution in [3.63, 3.8) is 0 Å². The summed E-state index contributed by atoms with van der Waals surface area (Å²) < 4.78 is 13.4. The topological polar surface area (TPSA) is 41.5 Å². The number of nitrogens with one attached hydrogen (secondary N) is 1. The monoisotopic (exact) mass is 158 g/mol. The largest absolute Gasteiger partial charge is 0.311 e. The van der Waals surface area contributed by atoms with Gasteiger partial charge in [0, 0.05) is 13.1 Å². The van der Waals surface area contributed by atoms with Crippen LogP contribution < -0.4 is 5.32 Å². The normalized spacial score (nSPS) is 21.7. The van der Waals surface area contributed by atoms with Gasteiger partial charge in [-0.05, 0) is 13.8 Å². The quantitative estimate of drug-likeness (QED) is 0.467. The molecule has 1 aliphatic heterocycles. The number of nitrogens with zero attached hydrogens (tertiary/aromatic N) is 1. The lowest BCUT2D eigenvalue weighted by Gasteiger charge is -2.44. The van der Waals surface area contributed by atoms with Gasteiger partial charge in [0.2, 0.25) is 6.08 Å². The fourth-order valence-electron chi connectivity index (χ4n) is 1.08. The summed E-state index contributed by atoms with van der Waals surface area (Å²) in [6, 6.07) is 0. The van der Waals surface area contributed by atoms with E-state index in [0.29, 0.717) is 13.1 Å². The molecule has 0 radical (unpaired) electrons. The van der Waals surface area contributed by atoms with Crippen LogP contribution in [0.15, 0.2) is 4.99 Å². The van der Waals surface area contributed by atoms with Gasteiger partial charge in [0.15, 0.2) is 0 Å². The van der Waals surface area contributed by atoms with Gasteiger partial charge in [-0.25, -0.2) is 9.18 Å². The van der Waals surface area contributed by atoms with Gasteiger partial charge < -0.3 is 5.32 Å². The first-order chi connectivity index (χ1) is 5.02. The van der Waals surface area contributed by atoms with Gasteiger partial charge in [0.1, 0.15) is 11.2 Å². The van der Waals surface area contributed by atoms with Crippen molar-refractivity contribution < 1.29 is 9.18 Å². The Morgan fingerprint density at radius 1 is 1.64 bits per heavy atom. The number of alkyl halides is 1. The van der Waals surface area contributed by atoms with Crippen molar-refractivity contribution >= 4 is 6.08 Å². The zero-order chi connectivity index (χ0) is 8.54. The van der Waals surface area contributed by atoms with Crippen molar-refractivity contribution in [2.24, 2.45) is 4.99 Å². The first kappa shape index (κ1) is 8.37. The maximum absolute atomic E-state index is 13.4. The predicted molar refractivity (Wildman–Crippen MR) is 38.9 cm³/mol. The smallest absolute Gasteiger partial charge is 0.235 e. The van der Waals surface area contributed by atoms with Crippen LogP contribution in [0.25, 0.3) is 0 Å². The number of hydrogen-bond donors (Lipinski definition) is 1. The highest BCUT2D eigenvalue weighted by Gasteiger charge is 2.50. The average Bonchev–Trinajstić information content (AvgIpc) is 1.75. The Labute approximate surface area is 64.7 Å². The highest BCUT2D eigenvalue weighted by atomic mass is 19.1. The van der Waals surface area contributed by atoms with E-state index in [0.717, 1.165) is 0 Å². The molecule has 0 aromatic carbocycles. The fourth-order valence-corrected chi connectivity index (χ4v) is 1.08. The standard InChI is InChI=1S/C7H11FN2O/c1-6(2,8)7(10-5-11)3-9-4-7/h9H,3-4H2,1-2H3. The Morgan fingerprint density at radius 3 is 2.27 bits per heavy atom. The van der Waals surface area contributed by atoms with E-state index < -0.39 is 11.2 Å². The third kappa shape index (κ3) is 1.19. The van der Waals surface area contributed by atoms with Crippen LogP contribution in [0.3, 0.4) is 0 Å². The van der Waals surface area contributed by atoms with Gasteiger partial charge >= 0.3 is 0 Å². The fraction of sp³-hybridized carbons (Fsp3) is 0.857. The summed E-state index contributed by atoms with van der Waals surface area (Å²) in [4.78, 5) is 13.5. The number of halogens is 1. The molecule has 0 aromatic heterocycles. The van der Waals surface area contributed by atoms with Crippen LogP contribution in [-0.2, 0) is 4.79 Å². The third-order valence-electron chi connectivity index (χ3n) is 2.20. The average molecular weight is 158 g/mol. The van der Waals surface area contributed by atoms with E-state index in [1.807, 2.05) is 0 Å². The molecule has 1 fully saturated rings. The molecule has 0 amide bonds. The van der Waals surface area contributed by atoms with E-state index in [4.69, 9.17) is 0 Å². The zero-order valence-corrected chi connectivity index (χ0v) is 6.65.